The molecule has 3 aliphatic rings. The molecule has 0 radical (unpaired) electrons. The third kappa shape index (κ3) is 5.43. The fraction of sp³-hybridized carbons (Fsp3) is 0.625. The van der Waals surface area contributed by atoms with Gasteiger partial charge in [-0.3, -0.25) is 14.5 Å². The SMILES string of the molecule is N#Cc1ccccc1S(=O)(=O)N1CCN(C(=O)CN2CCN(C(=O)C3CCCCC3)CC2)CC1. The summed E-state index contributed by atoms with van der Waals surface area (Å²) in [7, 11) is -3.78. The van der Waals surface area contributed by atoms with Gasteiger partial charge in [0.25, 0.3) is 0 Å². The summed E-state index contributed by atoms with van der Waals surface area (Å²) in [6, 6.07) is 8.13. The van der Waals surface area contributed by atoms with Crippen LogP contribution in [-0.2, 0) is 19.6 Å². The van der Waals surface area contributed by atoms with Crippen molar-refractivity contribution in [2.24, 2.45) is 5.92 Å². The number of piperazine rings is 2. The van der Waals surface area contributed by atoms with E-state index in [4.69, 9.17) is 0 Å². The van der Waals surface area contributed by atoms with Gasteiger partial charge in [0.15, 0.2) is 0 Å². The van der Waals surface area contributed by atoms with Crippen LogP contribution in [0.15, 0.2) is 29.2 Å². The molecule has 0 spiro atoms. The third-order valence-electron chi connectivity index (χ3n) is 7.21. The molecule has 0 bridgehead atoms. The molecule has 2 aliphatic heterocycles. The number of carbonyl (C=O) groups excluding carboxylic acids is 2. The van der Waals surface area contributed by atoms with Gasteiger partial charge in [-0.2, -0.15) is 9.57 Å². The van der Waals surface area contributed by atoms with Crippen LogP contribution in [0, 0.1) is 17.2 Å². The Bertz CT molecular complexity index is 1030. The van der Waals surface area contributed by atoms with Crippen LogP contribution >= 0.6 is 0 Å². The van der Waals surface area contributed by atoms with Crippen molar-refractivity contribution in [2.75, 3.05) is 58.9 Å². The van der Waals surface area contributed by atoms with Crippen molar-refractivity contribution in [3.05, 3.63) is 29.8 Å². The van der Waals surface area contributed by atoms with Crippen molar-refractivity contribution in [2.45, 2.75) is 37.0 Å². The van der Waals surface area contributed by atoms with Crippen LogP contribution in [0.25, 0.3) is 0 Å². The van der Waals surface area contributed by atoms with Gasteiger partial charge >= 0.3 is 0 Å². The fourth-order valence-electron chi connectivity index (χ4n) is 5.13. The highest BCUT2D eigenvalue weighted by molar-refractivity contribution is 7.89. The highest BCUT2D eigenvalue weighted by atomic mass is 32.2. The highest BCUT2D eigenvalue weighted by Crippen LogP contribution is 2.26. The smallest absolute Gasteiger partial charge is 0.244 e. The molecular weight excluding hydrogens is 454 g/mol. The second kappa shape index (κ2) is 10.8. The second-order valence-corrected chi connectivity index (χ2v) is 11.2. The first kappa shape index (κ1) is 24.6. The standard InChI is InChI=1S/C24H33N5O4S/c25-18-21-8-4-5-9-22(21)34(32,33)29-16-14-27(15-17-29)23(30)19-26-10-12-28(13-11-26)24(31)20-6-2-1-3-7-20/h4-5,8-9,20H,1-3,6-7,10-17,19H2. The Hall–Kier alpha value is -2.48. The molecule has 34 heavy (non-hydrogen) atoms. The van der Waals surface area contributed by atoms with Crippen LogP contribution in [0.5, 0.6) is 0 Å². The third-order valence-corrected chi connectivity index (χ3v) is 9.17. The van der Waals surface area contributed by atoms with Crippen molar-refractivity contribution in [3.8, 4) is 6.07 Å². The molecule has 0 unspecified atom stereocenters. The average molecular weight is 488 g/mol. The number of carbonyl (C=O) groups is 2. The molecule has 1 saturated carbocycles. The fourth-order valence-corrected chi connectivity index (χ4v) is 6.69. The van der Waals surface area contributed by atoms with E-state index in [0.717, 1.165) is 25.7 Å². The summed E-state index contributed by atoms with van der Waals surface area (Å²) in [4.78, 5) is 31.4. The minimum absolute atomic E-state index is 0.0120. The van der Waals surface area contributed by atoms with E-state index < -0.39 is 10.0 Å². The van der Waals surface area contributed by atoms with Gasteiger partial charge in [-0.05, 0) is 25.0 Å². The molecular formula is C24H33N5O4S. The lowest BCUT2D eigenvalue weighted by Crippen LogP contribution is -2.55. The van der Waals surface area contributed by atoms with Crippen LogP contribution in [0.3, 0.4) is 0 Å². The summed E-state index contributed by atoms with van der Waals surface area (Å²) >= 11 is 0. The van der Waals surface area contributed by atoms with E-state index in [-0.39, 0.29) is 47.8 Å². The van der Waals surface area contributed by atoms with Crippen LogP contribution in [0.1, 0.15) is 37.7 Å². The van der Waals surface area contributed by atoms with Crippen molar-refractivity contribution in [1.29, 1.82) is 5.26 Å². The van der Waals surface area contributed by atoms with Gasteiger partial charge in [-0.1, -0.05) is 31.4 Å². The van der Waals surface area contributed by atoms with Crippen LogP contribution in [-0.4, -0.2) is 98.1 Å². The molecule has 2 amide bonds. The number of amides is 2. The topological polar surface area (TPSA) is 105 Å². The molecule has 0 aromatic heterocycles. The van der Waals surface area contributed by atoms with Gasteiger partial charge in [0, 0.05) is 58.3 Å². The number of rotatable bonds is 5. The van der Waals surface area contributed by atoms with E-state index in [0.29, 0.717) is 39.3 Å². The molecule has 0 atom stereocenters. The molecule has 4 rings (SSSR count). The quantitative estimate of drug-likeness (QED) is 0.616. The van der Waals surface area contributed by atoms with E-state index in [9.17, 15) is 23.3 Å². The predicted octanol–water partition coefficient (Wildman–Crippen LogP) is 1.12. The van der Waals surface area contributed by atoms with Crippen molar-refractivity contribution in [3.63, 3.8) is 0 Å². The van der Waals surface area contributed by atoms with E-state index >= 15 is 0 Å². The van der Waals surface area contributed by atoms with Crippen molar-refractivity contribution in [1.82, 2.24) is 19.0 Å². The highest BCUT2D eigenvalue weighted by Gasteiger charge is 2.33. The molecule has 184 valence electrons. The summed E-state index contributed by atoms with van der Waals surface area (Å²) in [5.74, 6) is 0.442. The van der Waals surface area contributed by atoms with Gasteiger partial charge in [-0.15, -0.1) is 0 Å². The lowest BCUT2D eigenvalue weighted by molar-refractivity contribution is -0.139. The van der Waals surface area contributed by atoms with E-state index in [2.05, 4.69) is 4.90 Å². The summed E-state index contributed by atoms with van der Waals surface area (Å²) < 4.78 is 27.3. The minimum atomic E-state index is -3.78. The second-order valence-electron chi connectivity index (χ2n) is 9.33. The molecule has 3 fully saturated rings. The number of sulfonamides is 1. The maximum absolute atomic E-state index is 13.0. The predicted molar refractivity (Wildman–Crippen MR) is 126 cm³/mol. The van der Waals surface area contributed by atoms with Crippen LogP contribution in [0.4, 0.5) is 0 Å². The van der Waals surface area contributed by atoms with E-state index in [1.807, 2.05) is 11.0 Å². The van der Waals surface area contributed by atoms with Crippen molar-refractivity contribution >= 4 is 21.8 Å². The van der Waals surface area contributed by atoms with E-state index in [1.165, 1.54) is 22.9 Å². The monoisotopic (exact) mass is 487 g/mol. The Morgan fingerprint density at radius 3 is 2.15 bits per heavy atom. The van der Waals surface area contributed by atoms with Crippen LogP contribution < -0.4 is 0 Å². The lowest BCUT2D eigenvalue weighted by Gasteiger charge is -2.38. The molecule has 1 aromatic carbocycles. The van der Waals surface area contributed by atoms with E-state index in [1.54, 1.807) is 17.0 Å². The van der Waals surface area contributed by atoms with Gasteiger partial charge in [0.05, 0.1) is 17.0 Å². The zero-order chi connectivity index (χ0) is 24.1. The molecule has 1 aliphatic carbocycles. The van der Waals surface area contributed by atoms with Gasteiger partial charge in [-0.25, -0.2) is 8.42 Å². The Balaban J connectivity index is 1.24. The summed E-state index contributed by atoms with van der Waals surface area (Å²) in [6.07, 6.45) is 5.52. The van der Waals surface area contributed by atoms with Gasteiger partial charge in [0.1, 0.15) is 6.07 Å². The largest absolute Gasteiger partial charge is 0.340 e. The van der Waals surface area contributed by atoms with Gasteiger partial charge < -0.3 is 9.80 Å². The lowest BCUT2D eigenvalue weighted by atomic mass is 9.88. The summed E-state index contributed by atoms with van der Waals surface area (Å²) in [5, 5.41) is 9.25. The zero-order valence-corrected chi connectivity index (χ0v) is 20.4. The first-order valence-electron chi connectivity index (χ1n) is 12.2. The normalized spacial score (nSPS) is 21.3. The number of nitriles is 1. The maximum atomic E-state index is 13.0. The Kier molecular flexibility index (Phi) is 7.86. The average Bonchev–Trinajstić information content (AvgIpc) is 2.89. The maximum Gasteiger partial charge on any atom is 0.244 e. The molecule has 9 nitrogen and oxygen atoms in total. The number of hydrogen-bond acceptors (Lipinski definition) is 6. The number of benzene rings is 1. The summed E-state index contributed by atoms with van der Waals surface area (Å²) in [5.41, 5.74) is 0.127. The Labute approximate surface area is 201 Å². The Morgan fingerprint density at radius 2 is 1.50 bits per heavy atom. The zero-order valence-electron chi connectivity index (χ0n) is 19.6. The molecule has 2 heterocycles. The molecule has 0 N–H and O–H groups in total. The first-order valence-corrected chi connectivity index (χ1v) is 13.6. The molecule has 2 saturated heterocycles. The summed E-state index contributed by atoms with van der Waals surface area (Å²) in [6.45, 7) is 4.04. The van der Waals surface area contributed by atoms with Crippen molar-refractivity contribution < 1.29 is 18.0 Å². The first-order chi connectivity index (χ1) is 16.4. The van der Waals surface area contributed by atoms with Crippen LogP contribution in [0.2, 0.25) is 0 Å². The minimum Gasteiger partial charge on any atom is -0.340 e. The number of hydrogen-bond donors (Lipinski definition) is 0. The Morgan fingerprint density at radius 1 is 0.882 bits per heavy atom. The molecule has 10 heteroatoms. The number of nitrogens with zero attached hydrogens (tertiary/aromatic N) is 5. The molecule has 1 aromatic rings. The van der Waals surface area contributed by atoms with Gasteiger partial charge in [0.2, 0.25) is 21.8 Å².